The number of rotatable bonds is 5. The van der Waals surface area contributed by atoms with Gasteiger partial charge in [0.1, 0.15) is 5.76 Å². The van der Waals surface area contributed by atoms with Crippen LogP contribution in [0.5, 0.6) is 0 Å². The summed E-state index contributed by atoms with van der Waals surface area (Å²) in [5, 5.41) is 7.61. The van der Waals surface area contributed by atoms with Gasteiger partial charge in [0.15, 0.2) is 5.76 Å². The lowest BCUT2D eigenvalue weighted by Crippen LogP contribution is -2.22. The molecule has 0 saturated carbocycles. The van der Waals surface area contributed by atoms with Crippen molar-refractivity contribution in [2.24, 2.45) is 5.10 Å². The monoisotopic (exact) mass is 491 g/mol. The lowest BCUT2D eigenvalue weighted by Gasteiger charge is -2.14. The molecule has 7 nitrogen and oxygen atoms in total. The number of amides is 1. The van der Waals surface area contributed by atoms with Crippen LogP contribution >= 0.6 is 23.2 Å². The minimum Gasteiger partial charge on any atom is -0.455 e. The van der Waals surface area contributed by atoms with Crippen molar-refractivity contribution in [1.82, 2.24) is 4.83 Å². The van der Waals surface area contributed by atoms with E-state index in [1.165, 1.54) is 12.1 Å². The molecule has 0 aliphatic heterocycles. The van der Waals surface area contributed by atoms with Gasteiger partial charge in [0.25, 0.3) is 15.9 Å². The maximum Gasteiger partial charge on any atom is 0.291 e. The van der Waals surface area contributed by atoms with Gasteiger partial charge in [-0.3, -0.25) is 4.79 Å². The molecule has 1 aliphatic carbocycles. The fourth-order valence-electron chi connectivity index (χ4n) is 3.53. The highest BCUT2D eigenvalue weighted by molar-refractivity contribution is 7.89. The largest absolute Gasteiger partial charge is 0.455 e. The third-order valence-electron chi connectivity index (χ3n) is 5.06. The number of anilines is 1. The first-order chi connectivity index (χ1) is 15.3. The van der Waals surface area contributed by atoms with Gasteiger partial charge >= 0.3 is 0 Å². The summed E-state index contributed by atoms with van der Waals surface area (Å²) in [6.45, 7) is 1.75. The summed E-state index contributed by atoms with van der Waals surface area (Å²) in [5.74, 6) is 0.298. The van der Waals surface area contributed by atoms with Gasteiger partial charge in [0.05, 0.1) is 20.7 Å². The Morgan fingerprint density at radius 2 is 1.81 bits per heavy atom. The second-order valence-electron chi connectivity index (χ2n) is 7.26. The van der Waals surface area contributed by atoms with Crippen molar-refractivity contribution in [1.29, 1.82) is 0 Å². The van der Waals surface area contributed by atoms with E-state index in [1.54, 1.807) is 43.3 Å². The minimum absolute atomic E-state index is 0.117. The molecule has 1 amide bonds. The van der Waals surface area contributed by atoms with Crippen LogP contribution in [0.15, 0.2) is 62.9 Å². The summed E-state index contributed by atoms with van der Waals surface area (Å²) >= 11 is 11.9. The highest BCUT2D eigenvalue weighted by Crippen LogP contribution is 2.31. The number of nitrogens with zero attached hydrogens (tertiary/aromatic N) is 1. The molecule has 166 valence electrons. The van der Waals surface area contributed by atoms with E-state index in [1.807, 2.05) is 0 Å². The Hall–Kier alpha value is -2.81. The molecule has 32 heavy (non-hydrogen) atoms. The molecule has 2 aromatic carbocycles. The zero-order valence-electron chi connectivity index (χ0n) is 17.0. The molecule has 1 aromatic heterocycles. The predicted molar refractivity (Wildman–Crippen MR) is 124 cm³/mol. The number of carbonyl (C=O) groups is 1. The van der Waals surface area contributed by atoms with Gasteiger partial charge in [-0.15, -0.1) is 0 Å². The van der Waals surface area contributed by atoms with Crippen molar-refractivity contribution in [3.05, 3.63) is 81.2 Å². The van der Waals surface area contributed by atoms with E-state index in [9.17, 15) is 13.2 Å². The Morgan fingerprint density at radius 1 is 1.06 bits per heavy atom. The lowest BCUT2D eigenvalue weighted by molar-refractivity contribution is 0.0994. The van der Waals surface area contributed by atoms with E-state index in [4.69, 9.17) is 27.6 Å². The molecular formula is C22H19Cl2N3O4S. The Kier molecular flexibility index (Phi) is 6.28. The van der Waals surface area contributed by atoms with E-state index in [-0.39, 0.29) is 10.7 Å². The Balaban J connectivity index is 1.60. The molecule has 2 N–H and O–H groups in total. The number of hydrazone groups is 1. The average Bonchev–Trinajstić information content (AvgIpc) is 3.13. The quantitative estimate of drug-likeness (QED) is 0.480. The fourth-order valence-corrected chi connectivity index (χ4v) is 4.68. The maximum atomic E-state index is 12.8. The van der Waals surface area contributed by atoms with Crippen molar-refractivity contribution in [3.8, 4) is 0 Å². The number of sulfonamides is 1. The van der Waals surface area contributed by atoms with E-state index in [0.29, 0.717) is 51.2 Å². The van der Waals surface area contributed by atoms with Gasteiger partial charge in [-0.1, -0.05) is 41.4 Å². The molecule has 3 aromatic rings. The third-order valence-corrected chi connectivity index (χ3v) is 7.03. The van der Waals surface area contributed by atoms with Gasteiger partial charge in [0, 0.05) is 23.2 Å². The summed E-state index contributed by atoms with van der Waals surface area (Å²) in [6.07, 6.45) is 1.90. The molecule has 0 fully saturated rings. The third kappa shape index (κ3) is 4.53. The van der Waals surface area contributed by atoms with Crippen LogP contribution in [0.1, 0.15) is 40.3 Å². The summed E-state index contributed by atoms with van der Waals surface area (Å²) in [5.41, 5.74) is 2.25. The van der Waals surface area contributed by atoms with Crippen LogP contribution in [0.3, 0.4) is 0 Å². The Bertz CT molecular complexity index is 1320. The Labute approximate surface area is 195 Å². The van der Waals surface area contributed by atoms with Crippen LogP contribution in [-0.4, -0.2) is 20.0 Å². The zero-order chi connectivity index (χ0) is 22.9. The van der Waals surface area contributed by atoms with Crippen molar-refractivity contribution in [2.75, 3.05) is 5.32 Å². The van der Waals surface area contributed by atoms with Crippen molar-refractivity contribution in [3.63, 3.8) is 0 Å². The first-order valence-corrected chi connectivity index (χ1v) is 12.0. The topological polar surface area (TPSA) is 101 Å². The first kappa shape index (κ1) is 22.4. The molecule has 4 rings (SSSR count). The molecule has 10 heteroatoms. The molecule has 1 heterocycles. The first-order valence-electron chi connectivity index (χ1n) is 9.78. The molecule has 0 atom stereocenters. The fraction of sp³-hybridized carbons (Fsp3) is 0.182. The second-order valence-corrected chi connectivity index (χ2v) is 9.73. The number of benzene rings is 2. The molecule has 0 saturated heterocycles. The number of aryl methyl sites for hydroxylation is 1. The number of furan rings is 1. The lowest BCUT2D eigenvalue weighted by atomic mass is 9.93. The highest BCUT2D eigenvalue weighted by atomic mass is 35.5. The smallest absolute Gasteiger partial charge is 0.291 e. The number of carbonyl (C=O) groups excluding carboxylic acids is 1. The summed E-state index contributed by atoms with van der Waals surface area (Å²) in [7, 11) is -3.80. The van der Waals surface area contributed by atoms with Gasteiger partial charge in [0.2, 0.25) is 0 Å². The second kappa shape index (κ2) is 8.97. The normalized spacial score (nSPS) is 14.8. The molecule has 0 unspecified atom stereocenters. The highest BCUT2D eigenvalue weighted by Gasteiger charge is 2.28. The molecule has 0 spiro atoms. The van der Waals surface area contributed by atoms with Crippen molar-refractivity contribution >= 4 is 50.5 Å². The van der Waals surface area contributed by atoms with E-state index >= 15 is 0 Å². The van der Waals surface area contributed by atoms with Crippen LogP contribution in [0.4, 0.5) is 5.69 Å². The maximum absolute atomic E-state index is 12.8. The molecule has 1 aliphatic rings. The van der Waals surface area contributed by atoms with Gasteiger partial charge in [-0.2, -0.15) is 18.4 Å². The number of nitrogens with one attached hydrogen (secondary N) is 2. The van der Waals surface area contributed by atoms with Crippen LogP contribution in [0, 0.1) is 6.92 Å². The summed E-state index contributed by atoms with van der Waals surface area (Å²) in [6, 6.07) is 12.8. The van der Waals surface area contributed by atoms with E-state index < -0.39 is 15.9 Å². The number of hydrogen-bond acceptors (Lipinski definition) is 5. The number of hydrogen-bond donors (Lipinski definition) is 2. The van der Waals surface area contributed by atoms with E-state index in [0.717, 1.165) is 6.42 Å². The van der Waals surface area contributed by atoms with Crippen LogP contribution in [0.2, 0.25) is 10.0 Å². The van der Waals surface area contributed by atoms with Crippen LogP contribution in [-0.2, 0) is 16.4 Å². The van der Waals surface area contributed by atoms with Gasteiger partial charge < -0.3 is 9.73 Å². The van der Waals surface area contributed by atoms with Crippen molar-refractivity contribution < 1.29 is 17.6 Å². The zero-order valence-corrected chi connectivity index (χ0v) is 19.3. The van der Waals surface area contributed by atoms with Crippen LogP contribution < -0.4 is 10.1 Å². The predicted octanol–water partition coefficient (Wildman–Crippen LogP) is 5.17. The van der Waals surface area contributed by atoms with Gasteiger partial charge in [-0.05, 0) is 50.1 Å². The Morgan fingerprint density at radius 3 is 2.53 bits per heavy atom. The van der Waals surface area contributed by atoms with Gasteiger partial charge in [-0.25, -0.2) is 0 Å². The molecule has 0 bridgehead atoms. The number of fused-ring (bicyclic) bond motifs is 1. The van der Waals surface area contributed by atoms with Crippen molar-refractivity contribution in [2.45, 2.75) is 31.1 Å². The number of halogens is 2. The summed E-state index contributed by atoms with van der Waals surface area (Å²) in [4.78, 5) is 15.2. The molecule has 0 radical (unpaired) electrons. The summed E-state index contributed by atoms with van der Waals surface area (Å²) < 4.78 is 30.9. The van der Waals surface area contributed by atoms with E-state index in [2.05, 4.69) is 15.2 Å². The van der Waals surface area contributed by atoms with Crippen LogP contribution in [0.25, 0.3) is 0 Å². The standard InChI is InChI=1S/C22H19Cl2N3O4S/c1-13-20-18(26-27-32(29,30)15-6-3-2-4-7-15)8-5-9-19(20)31-21(13)22(28)25-14-10-11-16(23)17(24)12-14/h2-4,6-7,10-12,27H,5,8-9H2,1H3,(H,25,28)/b26-18+. The minimum atomic E-state index is -3.80. The average molecular weight is 492 g/mol. The SMILES string of the molecule is Cc1c(C(=O)Nc2ccc(Cl)c(Cl)c2)oc2c1/C(=N/NS(=O)(=O)c1ccccc1)CCC2. The molecular weight excluding hydrogens is 473 g/mol.